The molecule has 9 heteroatoms. The molecule has 5 rings (SSSR count). The van der Waals surface area contributed by atoms with Crippen molar-refractivity contribution in [2.24, 2.45) is 5.92 Å². The Labute approximate surface area is 225 Å². The molecule has 2 aliphatic heterocycles. The van der Waals surface area contributed by atoms with E-state index in [2.05, 4.69) is 13.8 Å². The Kier molecular flexibility index (Phi) is 7.83. The molecule has 7 nitrogen and oxygen atoms in total. The second-order valence-electron chi connectivity index (χ2n) is 9.68. The molecule has 3 aromatic rings. The molecule has 0 unspecified atom stereocenters. The SMILES string of the molecule is CC[C@H](C)CN(CC(=O)N1CCc2sccc2[C@@H]1COc1ccc(F)cc1)C(=O)c1ccc2c(c1)OCO2. The highest BCUT2D eigenvalue weighted by Gasteiger charge is 2.34. The lowest BCUT2D eigenvalue weighted by molar-refractivity contribution is -0.135. The normalized spacial score (nSPS) is 16.6. The Morgan fingerprint density at radius 1 is 1.16 bits per heavy atom. The molecule has 0 bridgehead atoms. The molecular weight excluding hydrogens is 507 g/mol. The first-order chi connectivity index (χ1) is 18.4. The zero-order valence-corrected chi connectivity index (χ0v) is 22.3. The van der Waals surface area contributed by atoms with Gasteiger partial charge < -0.3 is 24.0 Å². The number of hydrogen-bond acceptors (Lipinski definition) is 6. The van der Waals surface area contributed by atoms with Gasteiger partial charge in [-0.15, -0.1) is 11.3 Å². The Balaban J connectivity index is 1.35. The van der Waals surface area contributed by atoms with Crippen LogP contribution in [0.2, 0.25) is 0 Å². The Bertz CT molecular complexity index is 1290. The Morgan fingerprint density at radius 2 is 1.95 bits per heavy atom. The molecule has 2 amide bonds. The average molecular weight is 539 g/mol. The highest BCUT2D eigenvalue weighted by Crippen LogP contribution is 2.35. The van der Waals surface area contributed by atoms with Crippen molar-refractivity contribution in [2.75, 3.05) is 33.0 Å². The van der Waals surface area contributed by atoms with Gasteiger partial charge in [0.2, 0.25) is 12.7 Å². The summed E-state index contributed by atoms with van der Waals surface area (Å²) in [4.78, 5) is 32.1. The summed E-state index contributed by atoms with van der Waals surface area (Å²) in [5, 5.41) is 2.03. The van der Waals surface area contributed by atoms with E-state index in [0.717, 1.165) is 18.4 Å². The summed E-state index contributed by atoms with van der Waals surface area (Å²) in [6, 6.07) is 12.7. The van der Waals surface area contributed by atoms with Gasteiger partial charge in [-0.2, -0.15) is 0 Å². The van der Waals surface area contributed by atoms with Crippen molar-refractivity contribution in [3.8, 4) is 17.2 Å². The fraction of sp³-hybridized carbons (Fsp3) is 0.379. The van der Waals surface area contributed by atoms with Crippen LogP contribution in [0.4, 0.5) is 4.39 Å². The molecule has 0 radical (unpaired) electrons. The summed E-state index contributed by atoms with van der Waals surface area (Å²) in [5.74, 6) is 1.22. The lowest BCUT2D eigenvalue weighted by Gasteiger charge is -2.37. The monoisotopic (exact) mass is 538 g/mol. The molecule has 0 saturated carbocycles. The molecule has 1 aromatic heterocycles. The molecule has 0 N–H and O–H groups in total. The van der Waals surface area contributed by atoms with Crippen molar-refractivity contribution in [3.63, 3.8) is 0 Å². The van der Waals surface area contributed by atoms with Crippen LogP contribution in [0, 0.1) is 11.7 Å². The standard InChI is InChI=1S/C29H31FN2O5S/c1-3-19(2)15-31(29(34)20-4-9-25-26(14-20)37-18-36-25)16-28(33)32-12-10-27-23(11-13-38-27)24(32)17-35-22-7-5-21(30)6-8-22/h4-9,11,13-14,19,24H,3,10,12,15-18H2,1-2H3/t19-,24-/m0/s1. The number of halogens is 1. The van der Waals surface area contributed by atoms with Crippen LogP contribution in [0.1, 0.15) is 47.1 Å². The van der Waals surface area contributed by atoms with E-state index in [1.165, 1.54) is 17.0 Å². The molecule has 0 aliphatic carbocycles. The highest BCUT2D eigenvalue weighted by molar-refractivity contribution is 7.10. The van der Waals surface area contributed by atoms with E-state index in [0.29, 0.717) is 35.9 Å². The van der Waals surface area contributed by atoms with Crippen molar-refractivity contribution >= 4 is 23.2 Å². The number of fused-ring (bicyclic) bond motifs is 2. The maximum absolute atomic E-state index is 13.8. The van der Waals surface area contributed by atoms with Gasteiger partial charge in [-0.3, -0.25) is 9.59 Å². The van der Waals surface area contributed by atoms with Gasteiger partial charge in [-0.25, -0.2) is 4.39 Å². The Morgan fingerprint density at radius 3 is 2.74 bits per heavy atom. The van der Waals surface area contributed by atoms with E-state index >= 15 is 0 Å². The maximum atomic E-state index is 13.8. The van der Waals surface area contributed by atoms with Gasteiger partial charge in [0.05, 0.1) is 6.04 Å². The van der Waals surface area contributed by atoms with Crippen LogP contribution in [0.25, 0.3) is 0 Å². The molecule has 0 spiro atoms. The second-order valence-corrected chi connectivity index (χ2v) is 10.7. The van der Waals surface area contributed by atoms with E-state index in [-0.39, 0.29) is 49.5 Å². The molecule has 3 heterocycles. The molecule has 0 fully saturated rings. The van der Waals surface area contributed by atoms with E-state index in [9.17, 15) is 14.0 Å². The van der Waals surface area contributed by atoms with Crippen molar-refractivity contribution in [1.82, 2.24) is 9.80 Å². The van der Waals surface area contributed by atoms with E-state index in [1.54, 1.807) is 46.6 Å². The third kappa shape index (κ3) is 5.62. The molecule has 2 aromatic carbocycles. The second kappa shape index (κ2) is 11.4. The number of benzene rings is 2. The lowest BCUT2D eigenvalue weighted by atomic mass is 10.00. The van der Waals surface area contributed by atoms with Crippen LogP contribution in [0.15, 0.2) is 53.9 Å². The van der Waals surface area contributed by atoms with E-state index < -0.39 is 0 Å². The number of nitrogens with zero attached hydrogens (tertiary/aromatic N) is 2. The summed E-state index contributed by atoms with van der Waals surface area (Å²) in [5.41, 5.74) is 1.52. The van der Waals surface area contributed by atoms with Gasteiger partial charge >= 0.3 is 0 Å². The van der Waals surface area contributed by atoms with Crippen LogP contribution in [0.5, 0.6) is 17.2 Å². The number of hydrogen-bond donors (Lipinski definition) is 0. The molecule has 2 aliphatic rings. The molecule has 38 heavy (non-hydrogen) atoms. The van der Waals surface area contributed by atoms with Crippen LogP contribution in [-0.4, -0.2) is 54.6 Å². The summed E-state index contributed by atoms with van der Waals surface area (Å²) < 4.78 is 30.2. The van der Waals surface area contributed by atoms with Crippen LogP contribution in [0.3, 0.4) is 0 Å². The lowest BCUT2D eigenvalue weighted by Crippen LogP contribution is -2.48. The number of carbonyl (C=O) groups is 2. The van der Waals surface area contributed by atoms with Gasteiger partial charge in [0.15, 0.2) is 11.5 Å². The summed E-state index contributed by atoms with van der Waals surface area (Å²) in [6.07, 6.45) is 1.64. The maximum Gasteiger partial charge on any atom is 0.254 e. The van der Waals surface area contributed by atoms with Crippen LogP contribution >= 0.6 is 11.3 Å². The topological polar surface area (TPSA) is 68.3 Å². The van der Waals surface area contributed by atoms with Crippen molar-refractivity contribution in [1.29, 1.82) is 0 Å². The van der Waals surface area contributed by atoms with Crippen LogP contribution < -0.4 is 14.2 Å². The first-order valence-electron chi connectivity index (χ1n) is 12.9. The first kappa shape index (κ1) is 26.0. The summed E-state index contributed by atoms with van der Waals surface area (Å²) in [6.45, 7) is 5.47. The number of rotatable bonds is 9. The van der Waals surface area contributed by atoms with Gasteiger partial charge in [-0.1, -0.05) is 20.3 Å². The van der Waals surface area contributed by atoms with Gasteiger partial charge in [-0.05, 0) is 71.8 Å². The largest absolute Gasteiger partial charge is 0.491 e. The molecule has 2 atom stereocenters. The third-order valence-electron chi connectivity index (χ3n) is 7.10. The number of thiophene rings is 1. The minimum atomic E-state index is -0.333. The van der Waals surface area contributed by atoms with Gasteiger partial charge in [0, 0.05) is 23.5 Å². The summed E-state index contributed by atoms with van der Waals surface area (Å²) in [7, 11) is 0. The number of carbonyl (C=O) groups excluding carboxylic acids is 2. The van der Waals surface area contributed by atoms with Crippen molar-refractivity contribution in [2.45, 2.75) is 32.7 Å². The van der Waals surface area contributed by atoms with Gasteiger partial charge in [0.1, 0.15) is 24.7 Å². The van der Waals surface area contributed by atoms with Crippen LogP contribution in [-0.2, 0) is 11.2 Å². The summed E-state index contributed by atoms with van der Waals surface area (Å²) >= 11 is 1.67. The quantitative estimate of drug-likeness (QED) is 0.370. The molecule has 0 saturated heterocycles. The molecular formula is C29H31FN2O5S. The van der Waals surface area contributed by atoms with Crippen molar-refractivity contribution < 1.29 is 28.2 Å². The third-order valence-corrected chi connectivity index (χ3v) is 8.10. The minimum Gasteiger partial charge on any atom is -0.491 e. The fourth-order valence-electron chi connectivity index (χ4n) is 4.77. The predicted octanol–water partition coefficient (Wildman–Crippen LogP) is 5.31. The van der Waals surface area contributed by atoms with E-state index in [1.807, 2.05) is 16.3 Å². The van der Waals surface area contributed by atoms with Crippen molar-refractivity contribution in [3.05, 3.63) is 75.7 Å². The predicted molar refractivity (Wildman–Crippen MR) is 142 cm³/mol. The van der Waals surface area contributed by atoms with Gasteiger partial charge in [0.25, 0.3) is 5.91 Å². The first-order valence-corrected chi connectivity index (χ1v) is 13.7. The van der Waals surface area contributed by atoms with E-state index in [4.69, 9.17) is 14.2 Å². The number of ether oxygens (including phenoxy) is 3. The zero-order valence-electron chi connectivity index (χ0n) is 21.5. The molecule has 200 valence electrons. The highest BCUT2D eigenvalue weighted by atomic mass is 32.1. The smallest absolute Gasteiger partial charge is 0.254 e. The minimum absolute atomic E-state index is 0.0376. The zero-order chi connectivity index (χ0) is 26.6. The average Bonchev–Trinajstić information content (AvgIpc) is 3.60. The Hall–Kier alpha value is -3.59. The number of amides is 2. The fourth-order valence-corrected chi connectivity index (χ4v) is 5.70.